The number of methoxy groups -OCH3 is 1. The van der Waals surface area contributed by atoms with Crippen LogP contribution in [0.5, 0.6) is 5.75 Å². The molecule has 5 rings (SSSR count). The zero-order valence-corrected chi connectivity index (χ0v) is 16.0. The van der Waals surface area contributed by atoms with E-state index in [-0.39, 0.29) is 5.91 Å². The van der Waals surface area contributed by atoms with Crippen LogP contribution in [0, 0.1) is 5.92 Å². The highest BCUT2D eigenvalue weighted by atomic mass is 16.5. The van der Waals surface area contributed by atoms with Crippen molar-refractivity contribution in [2.75, 3.05) is 26.7 Å². The van der Waals surface area contributed by atoms with Crippen molar-refractivity contribution in [1.29, 1.82) is 0 Å². The Hall–Kier alpha value is -2.47. The lowest BCUT2D eigenvalue weighted by Gasteiger charge is -2.35. The summed E-state index contributed by atoms with van der Waals surface area (Å²) < 4.78 is 5.19. The molecule has 0 unspecified atom stereocenters. The van der Waals surface area contributed by atoms with E-state index >= 15 is 0 Å². The van der Waals surface area contributed by atoms with E-state index in [1.165, 1.54) is 12.8 Å². The third kappa shape index (κ3) is 3.95. The second-order valence-electron chi connectivity index (χ2n) is 7.59. The average Bonchev–Trinajstić information content (AvgIpc) is 3.01. The molecule has 0 spiro atoms. The maximum absolute atomic E-state index is 11.8. The number of hydrogen-bond acceptors (Lipinski definition) is 5. The molecule has 3 aliphatic heterocycles. The van der Waals surface area contributed by atoms with Gasteiger partial charge in [-0.25, -0.2) is 9.97 Å². The first-order valence-corrected chi connectivity index (χ1v) is 9.57. The maximum Gasteiger partial charge on any atom is 0.219 e. The third-order valence-electron chi connectivity index (χ3n) is 5.71. The summed E-state index contributed by atoms with van der Waals surface area (Å²) in [5, 5.41) is 0. The van der Waals surface area contributed by atoms with E-state index in [1.807, 2.05) is 41.6 Å². The van der Waals surface area contributed by atoms with E-state index in [1.54, 1.807) is 14.0 Å². The van der Waals surface area contributed by atoms with Crippen molar-refractivity contribution in [2.45, 2.75) is 32.4 Å². The fourth-order valence-corrected chi connectivity index (χ4v) is 4.19. The highest BCUT2D eigenvalue weighted by Gasteiger charge is 2.35. The number of rotatable bonds is 4. The maximum atomic E-state index is 11.8. The minimum atomic E-state index is 0.195. The van der Waals surface area contributed by atoms with Gasteiger partial charge in [-0.1, -0.05) is 0 Å². The van der Waals surface area contributed by atoms with Gasteiger partial charge in [0.15, 0.2) is 5.82 Å². The Labute approximate surface area is 160 Å². The van der Waals surface area contributed by atoms with Gasteiger partial charge in [-0.05, 0) is 43.0 Å². The van der Waals surface area contributed by atoms with Crippen LogP contribution in [-0.2, 0) is 11.3 Å². The zero-order chi connectivity index (χ0) is 18.8. The van der Waals surface area contributed by atoms with Gasteiger partial charge < -0.3 is 9.64 Å². The van der Waals surface area contributed by atoms with Crippen molar-refractivity contribution in [3.8, 4) is 17.1 Å². The minimum Gasteiger partial charge on any atom is -0.497 e. The number of hydrogen-bond donors (Lipinski definition) is 0. The first-order chi connectivity index (χ1) is 13.1. The molecule has 142 valence electrons. The van der Waals surface area contributed by atoms with Gasteiger partial charge in [0.1, 0.15) is 5.75 Å². The molecule has 2 atom stereocenters. The molecule has 2 bridgehead atoms. The van der Waals surface area contributed by atoms with Crippen LogP contribution in [0.4, 0.5) is 0 Å². The summed E-state index contributed by atoms with van der Waals surface area (Å²) in [7, 11) is 1.66. The molecule has 0 radical (unpaired) electrons. The van der Waals surface area contributed by atoms with Crippen molar-refractivity contribution < 1.29 is 9.53 Å². The Morgan fingerprint density at radius 2 is 1.85 bits per heavy atom. The van der Waals surface area contributed by atoms with Crippen LogP contribution in [0.15, 0.2) is 36.7 Å². The number of amides is 1. The SMILES string of the molecule is COc1ccc(-c2ncc(CN3C[C@H]4CC[C@@H]3CN(C(C)=O)C4)cn2)cc1. The summed E-state index contributed by atoms with van der Waals surface area (Å²) in [5.41, 5.74) is 2.10. The predicted octanol–water partition coefficient (Wildman–Crippen LogP) is 2.59. The minimum absolute atomic E-state index is 0.195. The molecule has 1 aromatic carbocycles. The van der Waals surface area contributed by atoms with E-state index in [2.05, 4.69) is 14.9 Å². The van der Waals surface area contributed by atoms with E-state index < -0.39 is 0 Å². The smallest absolute Gasteiger partial charge is 0.219 e. The quantitative estimate of drug-likeness (QED) is 0.832. The second-order valence-corrected chi connectivity index (χ2v) is 7.59. The lowest BCUT2D eigenvalue weighted by molar-refractivity contribution is -0.129. The van der Waals surface area contributed by atoms with Crippen LogP contribution < -0.4 is 4.74 Å². The van der Waals surface area contributed by atoms with Crippen LogP contribution in [0.3, 0.4) is 0 Å². The van der Waals surface area contributed by atoms with Gasteiger partial charge in [-0.2, -0.15) is 0 Å². The first kappa shape index (κ1) is 17.9. The molecule has 3 aliphatic rings. The van der Waals surface area contributed by atoms with Gasteiger partial charge in [-0.3, -0.25) is 9.69 Å². The number of carbonyl (C=O) groups is 1. The summed E-state index contributed by atoms with van der Waals surface area (Å²) in [5.74, 6) is 2.32. The Morgan fingerprint density at radius 3 is 2.52 bits per heavy atom. The Balaban J connectivity index is 1.44. The van der Waals surface area contributed by atoms with E-state index in [4.69, 9.17) is 4.74 Å². The van der Waals surface area contributed by atoms with Crippen LogP contribution in [0.25, 0.3) is 11.4 Å². The molecule has 3 fully saturated rings. The molecule has 0 aliphatic carbocycles. The normalized spacial score (nSPS) is 22.5. The van der Waals surface area contributed by atoms with Crippen molar-refractivity contribution >= 4 is 5.91 Å². The molecule has 0 saturated carbocycles. The van der Waals surface area contributed by atoms with Gasteiger partial charge in [0.2, 0.25) is 5.91 Å². The lowest BCUT2D eigenvalue weighted by atomic mass is 9.95. The monoisotopic (exact) mass is 366 g/mol. The zero-order valence-electron chi connectivity index (χ0n) is 16.0. The van der Waals surface area contributed by atoms with Crippen molar-refractivity contribution in [1.82, 2.24) is 19.8 Å². The summed E-state index contributed by atoms with van der Waals surface area (Å²) in [6, 6.07) is 8.22. The van der Waals surface area contributed by atoms with E-state index in [9.17, 15) is 4.79 Å². The van der Waals surface area contributed by atoms with Crippen LogP contribution in [0.2, 0.25) is 0 Å². The Morgan fingerprint density at radius 1 is 1.11 bits per heavy atom. The highest BCUT2D eigenvalue weighted by Crippen LogP contribution is 2.29. The van der Waals surface area contributed by atoms with Crippen molar-refractivity contribution in [3.63, 3.8) is 0 Å². The second kappa shape index (κ2) is 7.64. The van der Waals surface area contributed by atoms with E-state index in [0.29, 0.717) is 12.0 Å². The summed E-state index contributed by atoms with van der Waals surface area (Å²) in [4.78, 5) is 25.5. The topological polar surface area (TPSA) is 58.6 Å². The van der Waals surface area contributed by atoms with Gasteiger partial charge >= 0.3 is 0 Å². The molecule has 4 heterocycles. The van der Waals surface area contributed by atoms with Gasteiger partial charge in [0.05, 0.1) is 7.11 Å². The number of carbonyl (C=O) groups excluding carboxylic acids is 1. The molecule has 2 aromatic rings. The molecular formula is C21H26N4O2. The molecule has 27 heavy (non-hydrogen) atoms. The molecule has 6 heteroatoms. The number of fused-ring (bicyclic) bond motifs is 4. The fourth-order valence-electron chi connectivity index (χ4n) is 4.19. The van der Waals surface area contributed by atoms with Crippen molar-refractivity contribution in [3.05, 3.63) is 42.2 Å². The van der Waals surface area contributed by atoms with E-state index in [0.717, 1.165) is 48.9 Å². The van der Waals surface area contributed by atoms with Gasteiger partial charge in [0.25, 0.3) is 0 Å². The van der Waals surface area contributed by atoms with Gasteiger partial charge in [-0.15, -0.1) is 0 Å². The highest BCUT2D eigenvalue weighted by molar-refractivity contribution is 5.73. The van der Waals surface area contributed by atoms with Crippen LogP contribution in [0.1, 0.15) is 25.3 Å². The number of piperidine rings is 1. The molecule has 6 nitrogen and oxygen atoms in total. The number of nitrogens with zero attached hydrogens (tertiary/aromatic N) is 4. The number of ether oxygens (including phenoxy) is 1. The largest absolute Gasteiger partial charge is 0.497 e. The fraction of sp³-hybridized carbons (Fsp3) is 0.476. The first-order valence-electron chi connectivity index (χ1n) is 9.57. The van der Waals surface area contributed by atoms with Gasteiger partial charge in [0, 0.05) is 62.7 Å². The molecule has 1 aromatic heterocycles. The molecule has 0 N–H and O–H groups in total. The summed E-state index contributed by atoms with van der Waals surface area (Å²) in [6.45, 7) is 5.32. The number of aromatic nitrogens is 2. The Kier molecular flexibility index (Phi) is 5.07. The van der Waals surface area contributed by atoms with Crippen molar-refractivity contribution in [2.24, 2.45) is 5.92 Å². The molecule has 3 saturated heterocycles. The number of benzene rings is 1. The summed E-state index contributed by atoms with van der Waals surface area (Å²) >= 11 is 0. The standard InChI is InChI=1S/C21H26N4O2/c1-15(26)24-11-16-3-6-19(14-24)25(12-16)13-17-9-22-21(23-10-17)18-4-7-20(27-2)8-5-18/h4-5,7-10,16,19H,3,6,11-14H2,1-2H3/t16-,19+/m0/s1. The Bertz CT molecular complexity index is 791. The van der Waals surface area contributed by atoms with Crippen LogP contribution in [-0.4, -0.2) is 58.5 Å². The lowest BCUT2D eigenvalue weighted by Crippen LogP contribution is -2.43. The molecule has 1 amide bonds. The molecular weight excluding hydrogens is 340 g/mol. The summed E-state index contributed by atoms with van der Waals surface area (Å²) in [6.07, 6.45) is 6.23. The predicted molar refractivity (Wildman–Crippen MR) is 103 cm³/mol. The average molecular weight is 366 g/mol. The van der Waals surface area contributed by atoms with Crippen LogP contribution >= 0.6 is 0 Å². The third-order valence-corrected chi connectivity index (χ3v) is 5.71.